The van der Waals surface area contributed by atoms with E-state index in [2.05, 4.69) is 5.32 Å². The van der Waals surface area contributed by atoms with Crippen molar-refractivity contribution in [3.8, 4) is 0 Å². The van der Waals surface area contributed by atoms with E-state index < -0.39 is 11.7 Å². The molecule has 19 heavy (non-hydrogen) atoms. The molecule has 0 bridgehead atoms. The fourth-order valence-electron chi connectivity index (χ4n) is 1.98. The second-order valence-corrected chi connectivity index (χ2v) is 4.55. The molecular formula is C14H21F3N2. The highest BCUT2D eigenvalue weighted by Gasteiger charge is 2.34. The SMILES string of the molecule is CCCN(C)c1ccc(CNCC)cc1C(F)(F)F. The van der Waals surface area contributed by atoms with Crippen LogP contribution in [0.2, 0.25) is 0 Å². The van der Waals surface area contributed by atoms with Crippen molar-refractivity contribution in [2.45, 2.75) is 33.0 Å². The van der Waals surface area contributed by atoms with Crippen LogP contribution in [0, 0.1) is 0 Å². The summed E-state index contributed by atoms with van der Waals surface area (Å²) >= 11 is 0. The maximum Gasteiger partial charge on any atom is 0.418 e. The van der Waals surface area contributed by atoms with E-state index in [1.807, 2.05) is 13.8 Å². The molecule has 0 amide bonds. The Morgan fingerprint density at radius 1 is 1.21 bits per heavy atom. The summed E-state index contributed by atoms with van der Waals surface area (Å²) in [6, 6.07) is 4.55. The summed E-state index contributed by atoms with van der Waals surface area (Å²) in [4.78, 5) is 1.65. The maximum atomic E-state index is 13.1. The van der Waals surface area contributed by atoms with E-state index in [-0.39, 0.29) is 5.69 Å². The minimum Gasteiger partial charge on any atom is -0.374 e. The molecule has 1 aromatic carbocycles. The van der Waals surface area contributed by atoms with E-state index in [1.54, 1.807) is 24.1 Å². The van der Waals surface area contributed by atoms with Gasteiger partial charge in [-0.05, 0) is 30.7 Å². The van der Waals surface area contributed by atoms with E-state index >= 15 is 0 Å². The predicted octanol–water partition coefficient (Wildman–Crippen LogP) is 3.66. The third-order valence-corrected chi connectivity index (χ3v) is 2.92. The van der Waals surface area contributed by atoms with Crippen molar-refractivity contribution >= 4 is 5.69 Å². The van der Waals surface area contributed by atoms with Crippen molar-refractivity contribution in [3.05, 3.63) is 29.3 Å². The fourth-order valence-corrected chi connectivity index (χ4v) is 1.98. The van der Waals surface area contributed by atoms with Crippen LogP contribution < -0.4 is 10.2 Å². The molecule has 5 heteroatoms. The Morgan fingerprint density at radius 2 is 1.89 bits per heavy atom. The van der Waals surface area contributed by atoms with Crippen molar-refractivity contribution in [3.63, 3.8) is 0 Å². The number of hydrogen-bond acceptors (Lipinski definition) is 2. The van der Waals surface area contributed by atoms with Crippen LogP contribution in [0.3, 0.4) is 0 Å². The Kier molecular flexibility index (Phi) is 5.66. The van der Waals surface area contributed by atoms with Gasteiger partial charge in [-0.3, -0.25) is 0 Å². The lowest BCUT2D eigenvalue weighted by Gasteiger charge is -2.23. The number of rotatable bonds is 6. The van der Waals surface area contributed by atoms with Crippen molar-refractivity contribution in [1.29, 1.82) is 0 Å². The van der Waals surface area contributed by atoms with Crippen molar-refractivity contribution in [2.24, 2.45) is 0 Å². The van der Waals surface area contributed by atoms with Gasteiger partial charge in [0.2, 0.25) is 0 Å². The molecule has 2 nitrogen and oxygen atoms in total. The zero-order chi connectivity index (χ0) is 14.5. The van der Waals surface area contributed by atoms with Gasteiger partial charge in [-0.2, -0.15) is 13.2 Å². The summed E-state index contributed by atoms with van der Waals surface area (Å²) in [7, 11) is 1.69. The van der Waals surface area contributed by atoms with Gasteiger partial charge in [-0.15, -0.1) is 0 Å². The van der Waals surface area contributed by atoms with E-state index in [1.165, 1.54) is 6.07 Å². The van der Waals surface area contributed by atoms with Gasteiger partial charge in [0.15, 0.2) is 0 Å². The molecule has 1 N–H and O–H groups in total. The third-order valence-electron chi connectivity index (χ3n) is 2.92. The van der Waals surface area contributed by atoms with Gasteiger partial charge in [-0.25, -0.2) is 0 Å². The molecule has 0 atom stereocenters. The molecule has 1 rings (SSSR count). The number of nitrogens with zero attached hydrogens (tertiary/aromatic N) is 1. The largest absolute Gasteiger partial charge is 0.418 e. The first kappa shape index (κ1) is 15.8. The molecule has 0 aromatic heterocycles. The molecule has 0 spiro atoms. The van der Waals surface area contributed by atoms with Crippen LogP contribution in [-0.4, -0.2) is 20.1 Å². The lowest BCUT2D eigenvalue weighted by atomic mass is 10.1. The Labute approximate surface area is 112 Å². The average molecular weight is 274 g/mol. The van der Waals surface area contributed by atoms with Crippen LogP contribution in [0.1, 0.15) is 31.4 Å². The quantitative estimate of drug-likeness (QED) is 0.851. The van der Waals surface area contributed by atoms with Gasteiger partial charge >= 0.3 is 6.18 Å². The number of benzene rings is 1. The summed E-state index contributed by atoms with van der Waals surface area (Å²) in [6.07, 6.45) is -3.51. The van der Waals surface area contributed by atoms with Crippen LogP contribution in [-0.2, 0) is 12.7 Å². The summed E-state index contributed by atoms with van der Waals surface area (Å²) in [6.45, 7) is 5.67. The molecule has 0 aliphatic heterocycles. The minimum absolute atomic E-state index is 0.245. The van der Waals surface area contributed by atoms with E-state index in [0.717, 1.165) is 13.0 Å². The Bertz CT molecular complexity index is 402. The lowest BCUT2D eigenvalue weighted by molar-refractivity contribution is -0.137. The number of nitrogens with one attached hydrogen (secondary N) is 1. The highest BCUT2D eigenvalue weighted by atomic mass is 19.4. The number of alkyl halides is 3. The van der Waals surface area contributed by atoms with Gasteiger partial charge in [-0.1, -0.05) is 19.9 Å². The standard InChI is InChI=1S/C14H21F3N2/c1-4-8-19(3)13-7-6-11(10-18-5-2)9-12(13)14(15,16)17/h6-7,9,18H,4-5,8,10H2,1-3H3. The molecule has 0 saturated carbocycles. The monoisotopic (exact) mass is 274 g/mol. The lowest BCUT2D eigenvalue weighted by Crippen LogP contribution is -2.22. The zero-order valence-corrected chi connectivity index (χ0v) is 11.6. The van der Waals surface area contributed by atoms with Crippen LogP contribution in [0.15, 0.2) is 18.2 Å². The van der Waals surface area contributed by atoms with Crippen molar-refractivity contribution in [1.82, 2.24) is 5.32 Å². The molecule has 108 valence electrons. The van der Waals surface area contributed by atoms with Gasteiger partial charge in [0.1, 0.15) is 0 Å². The smallest absolute Gasteiger partial charge is 0.374 e. The summed E-state index contributed by atoms with van der Waals surface area (Å²) < 4.78 is 39.3. The minimum atomic E-state index is -4.32. The molecule has 0 heterocycles. The van der Waals surface area contributed by atoms with Gasteiger partial charge < -0.3 is 10.2 Å². The summed E-state index contributed by atoms with van der Waals surface area (Å²) in [5, 5.41) is 3.04. The number of anilines is 1. The first-order chi connectivity index (χ1) is 8.90. The zero-order valence-electron chi connectivity index (χ0n) is 11.6. The molecule has 0 aliphatic rings. The molecular weight excluding hydrogens is 253 g/mol. The highest BCUT2D eigenvalue weighted by Crippen LogP contribution is 2.37. The molecule has 0 fully saturated rings. The van der Waals surface area contributed by atoms with Crippen LogP contribution in [0.25, 0.3) is 0 Å². The van der Waals surface area contributed by atoms with E-state index in [9.17, 15) is 13.2 Å². The molecule has 0 unspecified atom stereocenters. The van der Waals surface area contributed by atoms with Gasteiger partial charge in [0.05, 0.1) is 5.56 Å². The van der Waals surface area contributed by atoms with Crippen LogP contribution in [0.4, 0.5) is 18.9 Å². The molecule has 1 aromatic rings. The van der Waals surface area contributed by atoms with Crippen LogP contribution in [0.5, 0.6) is 0 Å². The Balaban J connectivity index is 3.10. The van der Waals surface area contributed by atoms with Crippen molar-refractivity contribution in [2.75, 3.05) is 25.0 Å². The molecule has 0 saturated heterocycles. The maximum absolute atomic E-state index is 13.1. The predicted molar refractivity (Wildman–Crippen MR) is 72.4 cm³/mol. The fraction of sp³-hybridized carbons (Fsp3) is 0.571. The Morgan fingerprint density at radius 3 is 2.42 bits per heavy atom. The topological polar surface area (TPSA) is 15.3 Å². The van der Waals surface area contributed by atoms with Gasteiger partial charge in [0.25, 0.3) is 0 Å². The second-order valence-electron chi connectivity index (χ2n) is 4.55. The first-order valence-corrected chi connectivity index (χ1v) is 6.52. The normalized spacial score (nSPS) is 11.7. The first-order valence-electron chi connectivity index (χ1n) is 6.52. The third kappa shape index (κ3) is 4.42. The van der Waals surface area contributed by atoms with Gasteiger partial charge in [0, 0.05) is 25.8 Å². The second kappa shape index (κ2) is 6.80. The van der Waals surface area contributed by atoms with E-state index in [4.69, 9.17) is 0 Å². The van der Waals surface area contributed by atoms with E-state index in [0.29, 0.717) is 18.7 Å². The average Bonchev–Trinajstić information content (AvgIpc) is 2.35. The number of hydrogen-bond donors (Lipinski definition) is 1. The van der Waals surface area contributed by atoms with Crippen LogP contribution >= 0.6 is 0 Å². The highest BCUT2D eigenvalue weighted by molar-refractivity contribution is 5.56. The summed E-state index contributed by atoms with van der Waals surface area (Å²) in [5.74, 6) is 0. The summed E-state index contributed by atoms with van der Waals surface area (Å²) in [5.41, 5.74) is 0.344. The molecule has 0 aliphatic carbocycles. The molecule has 0 radical (unpaired) electrons. The Hall–Kier alpha value is -1.23. The van der Waals surface area contributed by atoms with Crippen molar-refractivity contribution < 1.29 is 13.2 Å². The number of halogens is 3.